The van der Waals surface area contributed by atoms with Crippen molar-refractivity contribution in [1.29, 1.82) is 0 Å². The number of amides is 1. The molecule has 1 aliphatic rings. The fourth-order valence-electron chi connectivity index (χ4n) is 1.20. The molecule has 6 nitrogen and oxygen atoms in total. The van der Waals surface area contributed by atoms with Gasteiger partial charge in [-0.3, -0.25) is 14.2 Å². The zero-order valence-corrected chi connectivity index (χ0v) is 6.65. The van der Waals surface area contributed by atoms with Gasteiger partial charge >= 0.3 is 0 Å². The first-order valence-electron chi connectivity index (χ1n) is 3.73. The predicted molar refractivity (Wildman–Crippen MR) is 42.0 cm³/mol. The monoisotopic (exact) mass is 181 g/mol. The van der Waals surface area contributed by atoms with Gasteiger partial charge in [0, 0.05) is 0 Å². The maximum absolute atomic E-state index is 11.3. The van der Waals surface area contributed by atoms with Crippen LogP contribution in [0.2, 0.25) is 0 Å². The van der Waals surface area contributed by atoms with Gasteiger partial charge in [0.2, 0.25) is 5.91 Å². The Morgan fingerprint density at radius 2 is 2.31 bits per heavy atom. The summed E-state index contributed by atoms with van der Waals surface area (Å²) < 4.78 is 1.16. The van der Waals surface area contributed by atoms with E-state index in [-0.39, 0.29) is 19.0 Å². The Hall–Kier alpha value is -1.85. The van der Waals surface area contributed by atoms with Gasteiger partial charge in [-0.05, 0) is 0 Å². The van der Waals surface area contributed by atoms with Crippen molar-refractivity contribution in [3.8, 4) is 5.75 Å². The highest BCUT2D eigenvalue weighted by atomic mass is 16.3. The van der Waals surface area contributed by atoms with Gasteiger partial charge in [-0.25, -0.2) is 4.98 Å². The van der Waals surface area contributed by atoms with Crippen molar-refractivity contribution in [1.82, 2.24) is 14.9 Å². The Kier molecular flexibility index (Phi) is 1.54. The van der Waals surface area contributed by atoms with E-state index >= 15 is 0 Å². The van der Waals surface area contributed by atoms with Gasteiger partial charge in [0.25, 0.3) is 5.56 Å². The summed E-state index contributed by atoms with van der Waals surface area (Å²) in [7, 11) is 0. The topological polar surface area (TPSA) is 84.2 Å². The number of nitrogens with zero attached hydrogens (tertiary/aromatic N) is 2. The van der Waals surface area contributed by atoms with Crippen LogP contribution < -0.4 is 10.9 Å². The Bertz CT molecular complexity index is 423. The zero-order valence-electron chi connectivity index (χ0n) is 6.65. The highest BCUT2D eigenvalue weighted by molar-refractivity contribution is 5.76. The summed E-state index contributed by atoms with van der Waals surface area (Å²) in [5.74, 6) is -0.220. The van der Waals surface area contributed by atoms with E-state index in [0.717, 1.165) is 10.8 Å². The van der Waals surface area contributed by atoms with Crippen LogP contribution in [0.25, 0.3) is 0 Å². The van der Waals surface area contributed by atoms with Crippen molar-refractivity contribution >= 4 is 5.91 Å². The lowest BCUT2D eigenvalue weighted by Crippen LogP contribution is -2.40. The van der Waals surface area contributed by atoms with Crippen LogP contribution in [0.4, 0.5) is 0 Å². The summed E-state index contributed by atoms with van der Waals surface area (Å²) in [6.07, 6.45) is 1.09. The van der Waals surface area contributed by atoms with Crippen LogP contribution in [0.1, 0.15) is 5.82 Å². The van der Waals surface area contributed by atoms with Crippen LogP contribution in [0, 0.1) is 0 Å². The van der Waals surface area contributed by atoms with E-state index < -0.39 is 11.3 Å². The molecule has 0 radical (unpaired) electrons. The molecule has 0 aromatic carbocycles. The largest absolute Gasteiger partial charge is 0.502 e. The molecule has 0 aliphatic carbocycles. The third-order valence-corrected chi connectivity index (χ3v) is 1.86. The van der Waals surface area contributed by atoms with Gasteiger partial charge in [-0.2, -0.15) is 0 Å². The fourth-order valence-corrected chi connectivity index (χ4v) is 1.20. The van der Waals surface area contributed by atoms with Crippen molar-refractivity contribution in [2.45, 2.75) is 13.1 Å². The SMILES string of the molecule is O=C1Cn2c(ncc(O)c2=O)CN1. The molecular formula is C7H7N3O3. The first-order chi connectivity index (χ1) is 6.18. The highest BCUT2D eigenvalue weighted by Crippen LogP contribution is 2.03. The zero-order chi connectivity index (χ0) is 9.42. The van der Waals surface area contributed by atoms with Crippen molar-refractivity contribution in [2.24, 2.45) is 0 Å². The molecule has 0 atom stereocenters. The summed E-state index contributed by atoms with van der Waals surface area (Å²) in [5, 5.41) is 11.6. The summed E-state index contributed by atoms with van der Waals surface area (Å²) >= 11 is 0. The second-order valence-electron chi connectivity index (χ2n) is 2.73. The van der Waals surface area contributed by atoms with Crippen LogP contribution >= 0.6 is 0 Å². The van der Waals surface area contributed by atoms with Crippen molar-refractivity contribution in [3.05, 3.63) is 22.4 Å². The second-order valence-corrected chi connectivity index (χ2v) is 2.73. The maximum Gasteiger partial charge on any atom is 0.296 e. The highest BCUT2D eigenvalue weighted by Gasteiger charge is 2.17. The molecule has 1 amide bonds. The molecule has 6 heteroatoms. The van der Waals surface area contributed by atoms with Crippen LogP contribution in [-0.4, -0.2) is 20.6 Å². The lowest BCUT2D eigenvalue weighted by molar-refractivity contribution is -0.122. The Balaban J connectivity index is 2.61. The molecule has 0 saturated carbocycles. The van der Waals surface area contributed by atoms with Crippen LogP contribution in [0.5, 0.6) is 5.75 Å². The minimum atomic E-state index is -0.570. The maximum atomic E-state index is 11.3. The van der Waals surface area contributed by atoms with Gasteiger partial charge in [0.15, 0.2) is 5.75 Å². The average molecular weight is 181 g/mol. The van der Waals surface area contributed by atoms with Crippen LogP contribution in [-0.2, 0) is 17.9 Å². The minimum Gasteiger partial charge on any atom is -0.502 e. The molecule has 0 spiro atoms. The number of rotatable bonds is 0. The third kappa shape index (κ3) is 1.16. The van der Waals surface area contributed by atoms with Crippen LogP contribution in [0.3, 0.4) is 0 Å². The normalized spacial score (nSPS) is 14.9. The number of aromatic hydroxyl groups is 1. The summed E-state index contributed by atoms with van der Waals surface area (Å²) in [4.78, 5) is 26.0. The quantitative estimate of drug-likeness (QED) is 0.514. The number of fused-ring (bicyclic) bond motifs is 1. The molecule has 2 rings (SSSR count). The summed E-state index contributed by atoms with van der Waals surface area (Å²) in [5.41, 5.74) is -0.570. The van der Waals surface area contributed by atoms with Gasteiger partial charge in [-0.15, -0.1) is 0 Å². The molecule has 0 saturated heterocycles. The second kappa shape index (κ2) is 2.58. The molecule has 1 aromatic rings. The van der Waals surface area contributed by atoms with E-state index in [1.54, 1.807) is 0 Å². The molecule has 2 heterocycles. The average Bonchev–Trinajstić information content (AvgIpc) is 2.12. The van der Waals surface area contributed by atoms with Crippen LogP contribution in [0.15, 0.2) is 11.0 Å². The van der Waals surface area contributed by atoms with E-state index in [9.17, 15) is 9.59 Å². The Morgan fingerprint density at radius 1 is 1.54 bits per heavy atom. The number of carbonyl (C=O) groups excluding carboxylic acids is 1. The van der Waals surface area contributed by atoms with E-state index in [2.05, 4.69) is 10.3 Å². The van der Waals surface area contributed by atoms with E-state index in [0.29, 0.717) is 5.82 Å². The fraction of sp³-hybridized carbons (Fsp3) is 0.286. The van der Waals surface area contributed by atoms with Gasteiger partial charge in [-0.1, -0.05) is 0 Å². The molecule has 1 aromatic heterocycles. The lowest BCUT2D eigenvalue weighted by Gasteiger charge is -2.17. The summed E-state index contributed by atoms with van der Waals surface area (Å²) in [6.45, 7) is 0.157. The molecule has 13 heavy (non-hydrogen) atoms. The molecule has 1 aliphatic heterocycles. The van der Waals surface area contributed by atoms with E-state index in [4.69, 9.17) is 5.11 Å². The van der Waals surface area contributed by atoms with Crippen molar-refractivity contribution < 1.29 is 9.90 Å². The van der Waals surface area contributed by atoms with Crippen molar-refractivity contribution in [3.63, 3.8) is 0 Å². The standard InChI is InChI=1S/C7H7N3O3/c11-4-1-8-5-2-9-6(12)3-10(5)7(4)13/h1,11H,2-3H2,(H,9,12). The molecular weight excluding hydrogens is 174 g/mol. The molecule has 0 unspecified atom stereocenters. The Labute approximate surface area is 72.8 Å². The molecule has 68 valence electrons. The van der Waals surface area contributed by atoms with E-state index in [1.807, 2.05) is 0 Å². The number of nitrogens with one attached hydrogen (secondary N) is 1. The first kappa shape index (κ1) is 7.78. The summed E-state index contributed by atoms with van der Waals surface area (Å²) in [6, 6.07) is 0. The Morgan fingerprint density at radius 3 is 3.08 bits per heavy atom. The first-order valence-corrected chi connectivity index (χ1v) is 3.73. The third-order valence-electron chi connectivity index (χ3n) is 1.86. The molecule has 0 bridgehead atoms. The number of hydrogen-bond donors (Lipinski definition) is 2. The number of carbonyl (C=O) groups is 1. The van der Waals surface area contributed by atoms with Gasteiger partial charge in [0.1, 0.15) is 12.4 Å². The van der Waals surface area contributed by atoms with Gasteiger partial charge in [0.05, 0.1) is 12.7 Å². The number of aromatic nitrogens is 2. The predicted octanol–water partition coefficient (Wildman–Crippen LogP) is -1.42. The molecule has 2 N–H and O–H groups in total. The smallest absolute Gasteiger partial charge is 0.296 e. The lowest BCUT2D eigenvalue weighted by atomic mass is 10.4. The molecule has 0 fully saturated rings. The minimum absolute atomic E-state index is 0.0738. The number of hydrogen-bond acceptors (Lipinski definition) is 4. The van der Waals surface area contributed by atoms with Gasteiger partial charge < -0.3 is 10.4 Å². The van der Waals surface area contributed by atoms with E-state index in [1.165, 1.54) is 0 Å². The van der Waals surface area contributed by atoms with Crippen molar-refractivity contribution in [2.75, 3.05) is 0 Å².